The molecule has 5 nitrogen and oxygen atoms in total. The first kappa shape index (κ1) is 21.6. The number of hydrogen-bond donors (Lipinski definition) is 2. The third-order valence-corrected chi connectivity index (χ3v) is 9.75. The molecule has 0 radical (unpaired) electrons. The van der Waals surface area contributed by atoms with Gasteiger partial charge in [-0.3, -0.25) is 4.79 Å². The largest absolute Gasteiger partial charge is 0.481 e. The maximum absolute atomic E-state index is 12.7. The number of hydrogen-bond acceptors (Lipinski definition) is 4. The van der Waals surface area contributed by atoms with Crippen molar-refractivity contribution in [2.75, 3.05) is 0 Å². The summed E-state index contributed by atoms with van der Waals surface area (Å²) in [5.41, 5.74) is -1.14. The maximum atomic E-state index is 12.7. The lowest BCUT2D eigenvalue weighted by atomic mass is 9.39. The molecule has 2 bridgehead atoms. The second kappa shape index (κ2) is 6.69. The Morgan fingerprint density at radius 3 is 2.33 bits per heavy atom. The Bertz CT molecular complexity index is 829. The van der Waals surface area contributed by atoms with Crippen LogP contribution in [0.3, 0.4) is 0 Å². The van der Waals surface area contributed by atoms with Crippen molar-refractivity contribution in [3.05, 3.63) is 23.8 Å². The number of carbonyl (C=O) groups excluding carboxylic acids is 1. The fourth-order valence-corrected chi connectivity index (χ4v) is 7.84. The Labute approximate surface area is 179 Å². The van der Waals surface area contributed by atoms with E-state index in [0.717, 1.165) is 32.1 Å². The van der Waals surface area contributed by atoms with Crippen molar-refractivity contribution < 1.29 is 24.5 Å². The topological polar surface area (TPSA) is 83.8 Å². The van der Waals surface area contributed by atoms with Crippen molar-refractivity contribution in [1.82, 2.24) is 0 Å². The van der Waals surface area contributed by atoms with Crippen LogP contribution in [0, 0.1) is 33.5 Å². The van der Waals surface area contributed by atoms with E-state index in [4.69, 9.17) is 4.74 Å². The summed E-state index contributed by atoms with van der Waals surface area (Å²) in [4.78, 5) is 25.1. The molecule has 4 aliphatic rings. The van der Waals surface area contributed by atoms with Crippen LogP contribution in [0.1, 0.15) is 73.1 Å². The zero-order valence-corrected chi connectivity index (χ0v) is 18.9. The number of carboxylic acids is 1. The number of rotatable bonds is 3. The van der Waals surface area contributed by atoms with Crippen LogP contribution < -0.4 is 0 Å². The van der Waals surface area contributed by atoms with Crippen LogP contribution in [-0.4, -0.2) is 34.4 Å². The molecular weight excluding hydrogens is 380 g/mol. The molecule has 0 amide bonds. The molecule has 8 atom stereocenters. The highest BCUT2D eigenvalue weighted by Crippen LogP contribution is 2.72. The van der Waals surface area contributed by atoms with Gasteiger partial charge in [-0.05, 0) is 76.5 Å². The van der Waals surface area contributed by atoms with Crippen molar-refractivity contribution in [3.8, 4) is 0 Å². The molecule has 0 aromatic rings. The first-order chi connectivity index (χ1) is 14.0. The summed E-state index contributed by atoms with van der Waals surface area (Å²) in [6.45, 7) is 9.81. The highest BCUT2D eigenvalue weighted by molar-refractivity contribution is 5.88. The van der Waals surface area contributed by atoms with Gasteiger partial charge in [-0.25, -0.2) is 4.79 Å². The summed E-state index contributed by atoms with van der Waals surface area (Å²) < 4.78 is 6.20. The minimum atomic E-state index is -1.13. The molecule has 30 heavy (non-hydrogen) atoms. The van der Waals surface area contributed by atoms with Crippen molar-refractivity contribution >= 4 is 11.9 Å². The van der Waals surface area contributed by atoms with Gasteiger partial charge in [0.1, 0.15) is 6.10 Å². The van der Waals surface area contributed by atoms with E-state index in [-0.39, 0.29) is 40.2 Å². The van der Waals surface area contributed by atoms with Crippen LogP contribution in [0.15, 0.2) is 23.8 Å². The van der Waals surface area contributed by atoms with Crippen LogP contribution in [0.5, 0.6) is 0 Å². The highest BCUT2D eigenvalue weighted by Gasteiger charge is 2.70. The van der Waals surface area contributed by atoms with Gasteiger partial charge in [-0.15, -0.1) is 0 Å². The molecule has 0 aromatic heterocycles. The van der Waals surface area contributed by atoms with Gasteiger partial charge in [0.2, 0.25) is 0 Å². The van der Waals surface area contributed by atoms with Crippen molar-refractivity contribution in [1.29, 1.82) is 0 Å². The molecule has 0 heterocycles. The van der Waals surface area contributed by atoms with E-state index in [1.54, 1.807) is 19.9 Å². The quantitative estimate of drug-likeness (QED) is 0.402. The van der Waals surface area contributed by atoms with E-state index in [1.807, 2.05) is 6.92 Å². The van der Waals surface area contributed by atoms with Gasteiger partial charge in [-0.1, -0.05) is 32.1 Å². The van der Waals surface area contributed by atoms with Crippen LogP contribution in [0.4, 0.5) is 0 Å². The second-order valence-electron chi connectivity index (χ2n) is 11.0. The number of ether oxygens (including phenoxy) is 1. The first-order valence-corrected chi connectivity index (χ1v) is 11.4. The minimum absolute atomic E-state index is 0.0890. The fraction of sp³-hybridized carbons (Fsp3) is 0.760. The summed E-state index contributed by atoms with van der Waals surface area (Å²) in [6, 6.07) is 0. The lowest BCUT2D eigenvalue weighted by Crippen LogP contribution is -2.65. The summed E-state index contributed by atoms with van der Waals surface area (Å²) in [7, 11) is 0. The van der Waals surface area contributed by atoms with Crippen molar-refractivity contribution in [3.63, 3.8) is 0 Å². The third kappa shape index (κ3) is 2.57. The van der Waals surface area contributed by atoms with E-state index >= 15 is 0 Å². The second-order valence-corrected chi connectivity index (χ2v) is 11.0. The van der Waals surface area contributed by atoms with E-state index in [1.165, 1.54) is 0 Å². The van der Waals surface area contributed by atoms with E-state index < -0.39 is 17.5 Å². The molecule has 0 unspecified atom stereocenters. The van der Waals surface area contributed by atoms with E-state index in [0.29, 0.717) is 12.0 Å². The molecule has 3 fully saturated rings. The highest BCUT2D eigenvalue weighted by atomic mass is 16.5. The molecule has 5 heteroatoms. The summed E-state index contributed by atoms with van der Waals surface area (Å²) in [5, 5.41) is 20.8. The Balaban J connectivity index is 1.75. The predicted octanol–water partition coefficient (Wildman–Crippen LogP) is 4.50. The Morgan fingerprint density at radius 1 is 1.03 bits per heavy atom. The number of carbonyl (C=O) groups is 2. The third-order valence-electron chi connectivity index (χ3n) is 9.75. The molecule has 1 spiro atoms. The molecular formula is C25H36O5. The zero-order chi connectivity index (χ0) is 22.1. The molecule has 3 saturated carbocycles. The van der Waals surface area contributed by atoms with E-state index in [9.17, 15) is 19.8 Å². The molecule has 4 aliphatic carbocycles. The van der Waals surface area contributed by atoms with Crippen molar-refractivity contribution in [2.24, 2.45) is 33.5 Å². The molecule has 2 N–H and O–H groups in total. The fourth-order valence-electron chi connectivity index (χ4n) is 7.84. The molecule has 0 aliphatic heterocycles. The average Bonchev–Trinajstić information content (AvgIpc) is 2.85. The van der Waals surface area contributed by atoms with Gasteiger partial charge in [0.25, 0.3) is 0 Å². The number of aliphatic hydroxyl groups is 1. The number of fused-ring (bicyclic) bond motifs is 3. The number of esters is 1. The van der Waals surface area contributed by atoms with Crippen molar-refractivity contribution in [2.45, 2.75) is 85.4 Å². The summed E-state index contributed by atoms with van der Waals surface area (Å²) >= 11 is 0. The molecule has 0 aromatic carbocycles. The summed E-state index contributed by atoms with van der Waals surface area (Å²) in [6.07, 6.45) is 10.1. The van der Waals surface area contributed by atoms with Crippen LogP contribution in [0.2, 0.25) is 0 Å². The Morgan fingerprint density at radius 2 is 1.70 bits per heavy atom. The lowest BCUT2D eigenvalue weighted by Gasteiger charge is -2.65. The van der Waals surface area contributed by atoms with Crippen LogP contribution >= 0.6 is 0 Å². The molecule has 166 valence electrons. The lowest BCUT2D eigenvalue weighted by molar-refractivity contribution is -0.223. The molecule has 0 saturated heterocycles. The Hall–Kier alpha value is -1.62. The standard InChI is InChI=1S/C25H36O5/c1-6-15(2)19(27)30-20-22(3)10-7-17-23(4)11-9-18(26)24(5,21(28)29)16(23)8-12-25(17,20)14-13-22/h6,13-14,16-18,20,26H,7-12H2,1-5H3,(H,28,29)/b15-6+/t16-,17+,18-,20+,22-,23-,24+,25-/m1/s1. The number of carboxylic acid groups (broad SMARTS) is 1. The first-order valence-electron chi connectivity index (χ1n) is 11.4. The van der Waals surface area contributed by atoms with Gasteiger partial charge in [0, 0.05) is 16.4 Å². The van der Waals surface area contributed by atoms with Crippen LogP contribution in [0.25, 0.3) is 0 Å². The van der Waals surface area contributed by atoms with Crippen LogP contribution in [-0.2, 0) is 14.3 Å². The van der Waals surface area contributed by atoms with Gasteiger partial charge in [-0.2, -0.15) is 0 Å². The van der Waals surface area contributed by atoms with Gasteiger partial charge < -0.3 is 14.9 Å². The van der Waals surface area contributed by atoms with E-state index in [2.05, 4.69) is 26.0 Å². The maximum Gasteiger partial charge on any atom is 0.333 e. The molecule has 4 rings (SSSR count). The predicted molar refractivity (Wildman–Crippen MR) is 114 cm³/mol. The minimum Gasteiger partial charge on any atom is -0.481 e. The number of aliphatic hydroxyl groups excluding tert-OH is 1. The number of allylic oxidation sites excluding steroid dienone is 1. The smallest absolute Gasteiger partial charge is 0.333 e. The summed E-state index contributed by atoms with van der Waals surface area (Å²) in [5.74, 6) is -0.991. The zero-order valence-electron chi connectivity index (χ0n) is 18.9. The SMILES string of the molecule is C/C=C(\C)C(=O)O[C@@H]1[C@]23C=C[C@@]1(C)CC[C@H]2[C@]1(C)CC[C@@H](O)[C@@](C)(C(=O)O)[C@@H]1CC3. The average molecular weight is 417 g/mol. The number of aliphatic carboxylic acids is 1. The van der Waals surface area contributed by atoms with Gasteiger partial charge in [0.05, 0.1) is 11.5 Å². The van der Waals surface area contributed by atoms with Gasteiger partial charge in [0.15, 0.2) is 0 Å². The van der Waals surface area contributed by atoms with Gasteiger partial charge >= 0.3 is 11.9 Å². The monoisotopic (exact) mass is 416 g/mol. The normalized spacial score (nSPS) is 49.9. The Kier molecular flexibility index (Phi) is 4.82.